The molecule has 116 valence electrons. The van der Waals surface area contributed by atoms with Gasteiger partial charge >= 0.3 is 0 Å². The molecule has 1 aromatic rings. The van der Waals surface area contributed by atoms with E-state index in [2.05, 4.69) is 17.3 Å². The highest BCUT2D eigenvalue weighted by Crippen LogP contribution is 2.26. The minimum Gasteiger partial charge on any atom is -0.490 e. The minimum absolute atomic E-state index is 0.0242. The highest BCUT2D eigenvalue weighted by Gasteiger charge is 2.18. The molecule has 0 aromatic heterocycles. The summed E-state index contributed by atoms with van der Waals surface area (Å²) in [4.78, 5) is 14.2. The molecule has 5 nitrogen and oxygen atoms in total. The van der Waals surface area contributed by atoms with Crippen molar-refractivity contribution in [3.8, 4) is 11.5 Å². The van der Waals surface area contributed by atoms with Gasteiger partial charge in [0.05, 0.1) is 6.61 Å². The zero-order valence-corrected chi connectivity index (χ0v) is 12.8. The standard InChI is InChI=1S/C16H24N2O3/c1-3-20-14-6-4-5-7-15(14)21-12-16(19)17-13-8-10-18(2)11-9-13/h4-7,13H,3,8-12H2,1-2H3,(H,17,19). The zero-order valence-electron chi connectivity index (χ0n) is 12.8. The highest BCUT2D eigenvalue weighted by atomic mass is 16.5. The molecule has 0 bridgehead atoms. The molecule has 1 amide bonds. The topological polar surface area (TPSA) is 50.8 Å². The quantitative estimate of drug-likeness (QED) is 0.866. The van der Waals surface area contributed by atoms with Gasteiger partial charge in [0.2, 0.25) is 0 Å². The van der Waals surface area contributed by atoms with Crippen LogP contribution in [0.4, 0.5) is 0 Å². The Kier molecular flexibility index (Phi) is 5.87. The molecule has 21 heavy (non-hydrogen) atoms. The van der Waals surface area contributed by atoms with Crippen molar-refractivity contribution in [3.05, 3.63) is 24.3 Å². The summed E-state index contributed by atoms with van der Waals surface area (Å²) in [6, 6.07) is 7.67. The molecule has 0 unspecified atom stereocenters. The SMILES string of the molecule is CCOc1ccccc1OCC(=O)NC1CCN(C)CC1. The maximum absolute atomic E-state index is 11.9. The second kappa shape index (κ2) is 7.88. The number of benzene rings is 1. The summed E-state index contributed by atoms with van der Waals surface area (Å²) in [6.45, 7) is 4.57. The van der Waals surface area contributed by atoms with Crippen LogP contribution in [-0.4, -0.2) is 50.2 Å². The third-order valence-electron chi connectivity index (χ3n) is 3.59. The number of nitrogens with zero attached hydrogens (tertiary/aromatic N) is 1. The van der Waals surface area contributed by atoms with Gasteiger partial charge in [-0.05, 0) is 52.0 Å². The number of nitrogens with one attached hydrogen (secondary N) is 1. The van der Waals surface area contributed by atoms with Gasteiger partial charge in [-0.3, -0.25) is 4.79 Å². The fourth-order valence-corrected chi connectivity index (χ4v) is 2.41. The maximum Gasteiger partial charge on any atom is 0.258 e. The fraction of sp³-hybridized carbons (Fsp3) is 0.562. The van der Waals surface area contributed by atoms with Crippen molar-refractivity contribution >= 4 is 5.91 Å². The Morgan fingerprint density at radius 2 is 1.86 bits per heavy atom. The van der Waals surface area contributed by atoms with E-state index in [1.54, 1.807) is 0 Å². The first kappa shape index (κ1) is 15.6. The van der Waals surface area contributed by atoms with Crippen molar-refractivity contribution in [3.63, 3.8) is 0 Å². The van der Waals surface area contributed by atoms with Crippen LogP contribution in [0.15, 0.2) is 24.3 Å². The lowest BCUT2D eigenvalue weighted by Gasteiger charge is -2.29. The van der Waals surface area contributed by atoms with E-state index in [1.807, 2.05) is 31.2 Å². The molecule has 1 heterocycles. The average Bonchev–Trinajstić information content (AvgIpc) is 2.49. The Balaban J connectivity index is 1.78. The number of hydrogen-bond acceptors (Lipinski definition) is 4. The molecule has 1 aromatic carbocycles. The molecule has 5 heteroatoms. The van der Waals surface area contributed by atoms with Gasteiger partial charge in [-0.15, -0.1) is 0 Å². The molecule has 0 saturated carbocycles. The van der Waals surface area contributed by atoms with Crippen molar-refractivity contribution in [2.45, 2.75) is 25.8 Å². The number of carbonyl (C=O) groups is 1. The second-order valence-corrected chi connectivity index (χ2v) is 5.31. The summed E-state index contributed by atoms with van der Waals surface area (Å²) in [5.41, 5.74) is 0. The number of carbonyl (C=O) groups excluding carboxylic acids is 1. The minimum atomic E-state index is -0.0733. The lowest BCUT2D eigenvalue weighted by molar-refractivity contribution is -0.124. The van der Waals surface area contributed by atoms with E-state index in [4.69, 9.17) is 9.47 Å². The summed E-state index contributed by atoms with van der Waals surface area (Å²) in [7, 11) is 2.10. The zero-order chi connectivity index (χ0) is 15.1. The summed E-state index contributed by atoms with van der Waals surface area (Å²) < 4.78 is 11.0. The molecule has 1 N–H and O–H groups in total. The average molecular weight is 292 g/mol. The van der Waals surface area contributed by atoms with Gasteiger partial charge in [0.1, 0.15) is 0 Å². The molecule has 1 aliphatic rings. The van der Waals surface area contributed by atoms with Gasteiger partial charge in [-0.2, -0.15) is 0 Å². The summed E-state index contributed by atoms with van der Waals surface area (Å²) in [6.07, 6.45) is 2.00. The first-order valence-electron chi connectivity index (χ1n) is 7.51. The molecule has 2 rings (SSSR count). The van der Waals surface area contributed by atoms with Crippen LogP contribution in [0.1, 0.15) is 19.8 Å². The third-order valence-corrected chi connectivity index (χ3v) is 3.59. The Bertz CT molecular complexity index is 457. The van der Waals surface area contributed by atoms with E-state index in [0.717, 1.165) is 25.9 Å². The first-order chi connectivity index (χ1) is 10.2. The number of hydrogen-bond donors (Lipinski definition) is 1. The molecule has 0 aliphatic carbocycles. The van der Waals surface area contributed by atoms with Crippen LogP contribution < -0.4 is 14.8 Å². The first-order valence-corrected chi connectivity index (χ1v) is 7.51. The molecule has 1 aliphatic heterocycles. The number of rotatable bonds is 6. The molecular formula is C16H24N2O3. The van der Waals surface area contributed by atoms with E-state index >= 15 is 0 Å². The van der Waals surface area contributed by atoms with Crippen molar-refractivity contribution < 1.29 is 14.3 Å². The van der Waals surface area contributed by atoms with Crippen molar-refractivity contribution in [2.24, 2.45) is 0 Å². The number of amides is 1. The molecular weight excluding hydrogens is 268 g/mol. The molecule has 0 atom stereocenters. The number of likely N-dealkylation sites (tertiary alicyclic amines) is 1. The highest BCUT2D eigenvalue weighted by molar-refractivity contribution is 5.77. The van der Waals surface area contributed by atoms with Gasteiger partial charge in [-0.1, -0.05) is 12.1 Å². The van der Waals surface area contributed by atoms with Gasteiger partial charge < -0.3 is 19.7 Å². The normalized spacial score (nSPS) is 16.5. The van der Waals surface area contributed by atoms with E-state index in [9.17, 15) is 4.79 Å². The van der Waals surface area contributed by atoms with Crippen LogP contribution in [0, 0.1) is 0 Å². The van der Waals surface area contributed by atoms with Crippen molar-refractivity contribution in [1.82, 2.24) is 10.2 Å². The van der Waals surface area contributed by atoms with E-state index in [0.29, 0.717) is 18.1 Å². The smallest absolute Gasteiger partial charge is 0.258 e. The Hall–Kier alpha value is -1.75. The Morgan fingerprint density at radius 1 is 1.24 bits per heavy atom. The van der Waals surface area contributed by atoms with Crippen molar-refractivity contribution in [2.75, 3.05) is 33.4 Å². The molecule has 0 spiro atoms. The lowest BCUT2D eigenvalue weighted by Crippen LogP contribution is -2.44. The lowest BCUT2D eigenvalue weighted by atomic mass is 10.1. The van der Waals surface area contributed by atoms with E-state index in [-0.39, 0.29) is 18.6 Å². The number of para-hydroxylation sites is 2. The molecule has 1 saturated heterocycles. The van der Waals surface area contributed by atoms with Gasteiger partial charge in [-0.25, -0.2) is 0 Å². The van der Waals surface area contributed by atoms with Crippen LogP contribution in [0.2, 0.25) is 0 Å². The molecule has 0 radical (unpaired) electrons. The Morgan fingerprint density at radius 3 is 2.48 bits per heavy atom. The molecule has 1 fully saturated rings. The number of ether oxygens (including phenoxy) is 2. The third kappa shape index (κ3) is 4.93. The van der Waals surface area contributed by atoms with Crippen LogP contribution in [0.25, 0.3) is 0 Å². The number of piperidine rings is 1. The maximum atomic E-state index is 11.9. The fourth-order valence-electron chi connectivity index (χ4n) is 2.41. The van der Waals surface area contributed by atoms with Crippen molar-refractivity contribution in [1.29, 1.82) is 0 Å². The van der Waals surface area contributed by atoms with Crippen LogP contribution in [0.5, 0.6) is 11.5 Å². The monoisotopic (exact) mass is 292 g/mol. The van der Waals surface area contributed by atoms with E-state index < -0.39 is 0 Å². The van der Waals surface area contributed by atoms with Crippen LogP contribution >= 0.6 is 0 Å². The summed E-state index contributed by atoms with van der Waals surface area (Å²) in [5.74, 6) is 1.21. The van der Waals surface area contributed by atoms with Crippen LogP contribution in [-0.2, 0) is 4.79 Å². The summed E-state index contributed by atoms with van der Waals surface area (Å²) >= 11 is 0. The second-order valence-electron chi connectivity index (χ2n) is 5.31. The van der Waals surface area contributed by atoms with Crippen LogP contribution in [0.3, 0.4) is 0 Å². The largest absolute Gasteiger partial charge is 0.490 e. The van der Waals surface area contributed by atoms with Gasteiger partial charge in [0.15, 0.2) is 18.1 Å². The predicted octanol–water partition coefficient (Wildman–Crippen LogP) is 1.67. The predicted molar refractivity (Wildman–Crippen MR) is 81.8 cm³/mol. The van der Waals surface area contributed by atoms with Gasteiger partial charge in [0.25, 0.3) is 5.91 Å². The Labute approximate surface area is 126 Å². The van der Waals surface area contributed by atoms with Gasteiger partial charge in [0, 0.05) is 6.04 Å². The summed E-state index contributed by atoms with van der Waals surface area (Å²) in [5, 5.41) is 3.03. The van der Waals surface area contributed by atoms with E-state index in [1.165, 1.54) is 0 Å².